The topological polar surface area (TPSA) is 12.0 Å². The first-order valence-electron chi connectivity index (χ1n) is 5.14. The molecule has 3 heteroatoms. The Hall–Kier alpha value is -0.830. The molecule has 0 saturated carbocycles. The fourth-order valence-corrected chi connectivity index (χ4v) is 2.37. The number of benzene rings is 1. The first kappa shape index (κ1) is 13.2. The Balaban J connectivity index is 0.00000128. The minimum atomic E-state index is 0. The van der Waals surface area contributed by atoms with Crippen LogP contribution in [-0.4, -0.2) is 0 Å². The Bertz CT molecular complexity index is 411. The van der Waals surface area contributed by atoms with E-state index in [4.69, 9.17) is 0 Å². The van der Waals surface area contributed by atoms with E-state index in [1.807, 2.05) is 17.4 Å². The second-order valence-corrected chi connectivity index (χ2v) is 4.97. The van der Waals surface area contributed by atoms with Gasteiger partial charge in [0.2, 0.25) is 0 Å². The molecular weight excluding hydrogens is 238 g/mol. The summed E-state index contributed by atoms with van der Waals surface area (Å²) in [5.41, 5.74) is 1.34. The minimum Gasteiger partial charge on any atom is -0.308 e. The number of halogens is 1. The van der Waals surface area contributed by atoms with Gasteiger partial charge in [-0.3, -0.25) is 0 Å². The van der Waals surface area contributed by atoms with Crippen LogP contribution in [0.1, 0.15) is 15.3 Å². The van der Waals surface area contributed by atoms with Crippen molar-refractivity contribution in [3.05, 3.63) is 57.8 Å². The zero-order valence-electron chi connectivity index (χ0n) is 9.27. The van der Waals surface area contributed by atoms with Gasteiger partial charge in [-0.1, -0.05) is 30.3 Å². The molecule has 1 aromatic heterocycles. The third-order valence-corrected chi connectivity index (χ3v) is 3.27. The maximum absolute atomic E-state index is 3.44. The van der Waals surface area contributed by atoms with Crippen molar-refractivity contribution in [3.63, 3.8) is 0 Å². The lowest BCUT2D eigenvalue weighted by Gasteiger charge is -2.02. The first-order chi connectivity index (χ1) is 7.34. The fourth-order valence-electron chi connectivity index (χ4n) is 1.51. The number of hydrogen-bond donors (Lipinski definition) is 1. The predicted molar refractivity (Wildman–Crippen MR) is 73.3 cm³/mol. The number of hydrogen-bond acceptors (Lipinski definition) is 2. The van der Waals surface area contributed by atoms with Crippen molar-refractivity contribution in [2.45, 2.75) is 20.0 Å². The van der Waals surface area contributed by atoms with E-state index in [0.717, 1.165) is 13.1 Å². The van der Waals surface area contributed by atoms with Gasteiger partial charge in [-0.05, 0) is 24.6 Å². The molecule has 1 nitrogen and oxygen atoms in total. The monoisotopic (exact) mass is 253 g/mol. The van der Waals surface area contributed by atoms with E-state index in [1.54, 1.807) is 0 Å². The van der Waals surface area contributed by atoms with Gasteiger partial charge >= 0.3 is 0 Å². The van der Waals surface area contributed by atoms with Crippen LogP contribution < -0.4 is 5.32 Å². The lowest BCUT2D eigenvalue weighted by molar-refractivity contribution is 0.701. The van der Waals surface area contributed by atoms with Crippen LogP contribution in [0, 0.1) is 6.92 Å². The molecule has 1 N–H and O–H groups in total. The van der Waals surface area contributed by atoms with Crippen LogP contribution >= 0.6 is 23.7 Å². The Morgan fingerprint density at radius 1 is 1.00 bits per heavy atom. The van der Waals surface area contributed by atoms with E-state index >= 15 is 0 Å². The number of nitrogens with one attached hydrogen (secondary N) is 1. The Labute approximate surface area is 107 Å². The summed E-state index contributed by atoms with van der Waals surface area (Å²) in [5.74, 6) is 0. The average molecular weight is 254 g/mol. The summed E-state index contributed by atoms with van der Waals surface area (Å²) in [6.07, 6.45) is 0. The van der Waals surface area contributed by atoms with E-state index < -0.39 is 0 Å². The van der Waals surface area contributed by atoms with Crippen molar-refractivity contribution in [2.24, 2.45) is 0 Å². The molecule has 0 saturated heterocycles. The molecule has 0 unspecified atom stereocenters. The van der Waals surface area contributed by atoms with Crippen molar-refractivity contribution >= 4 is 23.7 Å². The number of aryl methyl sites for hydroxylation is 1. The molecule has 0 aliphatic carbocycles. The summed E-state index contributed by atoms with van der Waals surface area (Å²) in [7, 11) is 0. The van der Waals surface area contributed by atoms with Gasteiger partial charge < -0.3 is 5.32 Å². The summed E-state index contributed by atoms with van der Waals surface area (Å²) < 4.78 is 0. The lowest BCUT2D eigenvalue weighted by atomic mass is 10.2. The van der Waals surface area contributed by atoms with Gasteiger partial charge in [0, 0.05) is 22.8 Å². The third kappa shape index (κ3) is 3.97. The van der Waals surface area contributed by atoms with E-state index in [0.29, 0.717) is 0 Å². The molecular formula is C13H16ClNS. The molecule has 0 atom stereocenters. The summed E-state index contributed by atoms with van der Waals surface area (Å²) in [6, 6.07) is 14.9. The summed E-state index contributed by atoms with van der Waals surface area (Å²) in [5, 5.41) is 3.44. The molecule has 0 aliphatic rings. The fraction of sp³-hybridized carbons (Fsp3) is 0.231. The summed E-state index contributed by atoms with van der Waals surface area (Å²) in [4.78, 5) is 2.79. The smallest absolute Gasteiger partial charge is 0.0303 e. The highest BCUT2D eigenvalue weighted by Crippen LogP contribution is 2.14. The van der Waals surface area contributed by atoms with Crippen LogP contribution in [0.2, 0.25) is 0 Å². The highest BCUT2D eigenvalue weighted by molar-refractivity contribution is 7.11. The normalized spacial score (nSPS) is 9.81. The largest absolute Gasteiger partial charge is 0.308 e. The Morgan fingerprint density at radius 2 is 1.75 bits per heavy atom. The SMILES string of the molecule is Cc1ccc(CNCc2ccccc2)s1.Cl. The minimum absolute atomic E-state index is 0. The summed E-state index contributed by atoms with van der Waals surface area (Å²) in [6.45, 7) is 4.05. The lowest BCUT2D eigenvalue weighted by Crippen LogP contribution is -2.11. The highest BCUT2D eigenvalue weighted by Gasteiger charge is 1.96. The molecule has 1 aromatic carbocycles. The zero-order chi connectivity index (χ0) is 10.5. The zero-order valence-corrected chi connectivity index (χ0v) is 10.9. The molecule has 0 bridgehead atoms. The van der Waals surface area contributed by atoms with Crippen LogP contribution in [0.3, 0.4) is 0 Å². The standard InChI is InChI=1S/C13H15NS.ClH/c1-11-7-8-13(15-11)10-14-9-12-5-3-2-4-6-12;/h2-8,14H,9-10H2,1H3;1H. The van der Waals surface area contributed by atoms with Gasteiger partial charge in [0.1, 0.15) is 0 Å². The molecule has 86 valence electrons. The first-order valence-corrected chi connectivity index (χ1v) is 5.96. The maximum atomic E-state index is 3.44. The molecule has 0 fully saturated rings. The van der Waals surface area contributed by atoms with Crippen molar-refractivity contribution in [1.82, 2.24) is 5.32 Å². The maximum Gasteiger partial charge on any atom is 0.0303 e. The van der Waals surface area contributed by atoms with Gasteiger partial charge in [0.05, 0.1) is 0 Å². The molecule has 1 heterocycles. The molecule has 2 aromatic rings. The average Bonchev–Trinajstić information content (AvgIpc) is 2.66. The van der Waals surface area contributed by atoms with Gasteiger partial charge in [-0.15, -0.1) is 23.7 Å². The molecule has 0 spiro atoms. The summed E-state index contributed by atoms with van der Waals surface area (Å²) >= 11 is 1.86. The van der Waals surface area contributed by atoms with Crippen molar-refractivity contribution in [1.29, 1.82) is 0 Å². The second kappa shape index (κ2) is 6.69. The van der Waals surface area contributed by atoms with Crippen LogP contribution in [0.4, 0.5) is 0 Å². The van der Waals surface area contributed by atoms with Crippen molar-refractivity contribution < 1.29 is 0 Å². The Kier molecular flexibility index (Phi) is 5.53. The van der Waals surface area contributed by atoms with Gasteiger partial charge in [0.15, 0.2) is 0 Å². The molecule has 2 rings (SSSR count). The van der Waals surface area contributed by atoms with Gasteiger partial charge in [0.25, 0.3) is 0 Å². The van der Waals surface area contributed by atoms with Crippen molar-refractivity contribution in [2.75, 3.05) is 0 Å². The van der Waals surface area contributed by atoms with Crippen LogP contribution in [0.25, 0.3) is 0 Å². The van der Waals surface area contributed by atoms with Crippen molar-refractivity contribution in [3.8, 4) is 0 Å². The molecule has 16 heavy (non-hydrogen) atoms. The number of thiophene rings is 1. The van der Waals surface area contributed by atoms with E-state index in [1.165, 1.54) is 15.3 Å². The molecule has 0 radical (unpaired) electrons. The Morgan fingerprint density at radius 3 is 2.38 bits per heavy atom. The molecule has 0 aliphatic heterocycles. The number of rotatable bonds is 4. The van der Waals surface area contributed by atoms with E-state index in [-0.39, 0.29) is 12.4 Å². The third-order valence-electron chi connectivity index (χ3n) is 2.27. The molecule has 0 amide bonds. The van der Waals surface area contributed by atoms with Gasteiger partial charge in [-0.2, -0.15) is 0 Å². The predicted octanol–water partition coefficient (Wildman–Crippen LogP) is 3.77. The van der Waals surface area contributed by atoms with Crippen LogP contribution in [0.15, 0.2) is 42.5 Å². The van der Waals surface area contributed by atoms with Crippen LogP contribution in [0.5, 0.6) is 0 Å². The van der Waals surface area contributed by atoms with Gasteiger partial charge in [-0.25, -0.2) is 0 Å². The van der Waals surface area contributed by atoms with E-state index in [2.05, 4.69) is 48.6 Å². The quantitative estimate of drug-likeness (QED) is 0.875. The van der Waals surface area contributed by atoms with Crippen LogP contribution in [-0.2, 0) is 13.1 Å². The second-order valence-electron chi connectivity index (χ2n) is 3.60. The highest BCUT2D eigenvalue weighted by atomic mass is 35.5. The van der Waals surface area contributed by atoms with E-state index in [9.17, 15) is 0 Å².